The number of amides is 1. The molecule has 2 aromatic rings. The molecule has 2 rings (SSSR count). The molecular weight excluding hydrogens is 372 g/mol. The molecule has 0 aliphatic rings. The molecule has 0 fully saturated rings. The van der Waals surface area contributed by atoms with Gasteiger partial charge in [-0.25, -0.2) is 0 Å². The number of ether oxygens (including phenoxy) is 2. The molecular formula is C20H23F2NO3S. The first-order chi connectivity index (χ1) is 13.0. The largest absolute Gasteiger partial charge is 0.497 e. The van der Waals surface area contributed by atoms with Gasteiger partial charge in [-0.1, -0.05) is 25.1 Å². The minimum atomic E-state index is -2.90. The summed E-state index contributed by atoms with van der Waals surface area (Å²) in [6.07, 6.45) is 0.895. The quantitative estimate of drug-likeness (QED) is 0.572. The van der Waals surface area contributed by atoms with E-state index in [0.29, 0.717) is 24.2 Å². The van der Waals surface area contributed by atoms with E-state index in [2.05, 4.69) is 10.1 Å². The molecule has 0 aliphatic carbocycles. The number of carbonyl (C=O) groups is 1. The summed E-state index contributed by atoms with van der Waals surface area (Å²) in [7, 11) is 1.61. The van der Waals surface area contributed by atoms with Gasteiger partial charge in [0.1, 0.15) is 11.5 Å². The molecule has 1 atom stereocenters. The molecule has 0 spiro atoms. The molecule has 0 aliphatic heterocycles. The second kappa shape index (κ2) is 10.8. The summed E-state index contributed by atoms with van der Waals surface area (Å²) in [6.45, 7) is -1.02. The fourth-order valence-corrected chi connectivity index (χ4v) is 3.42. The highest BCUT2D eigenvalue weighted by Gasteiger charge is 2.18. The molecule has 0 radical (unpaired) electrons. The maximum Gasteiger partial charge on any atom is 0.387 e. The monoisotopic (exact) mass is 395 g/mol. The Morgan fingerprint density at radius 3 is 2.48 bits per heavy atom. The zero-order valence-electron chi connectivity index (χ0n) is 15.3. The van der Waals surface area contributed by atoms with Gasteiger partial charge in [-0.2, -0.15) is 8.78 Å². The molecule has 27 heavy (non-hydrogen) atoms. The molecule has 1 N–H and O–H groups in total. The molecule has 0 bridgehead atoms. The van der Waals surface area contributed by atoms with Gasteiger partial charge in [0.05, 0.1) is 13.2 Å². The zero-order valence-corrected chi connectivity index (χ0v) is 16.1. The van der Waals surface area contributed by atoms with Gasteiger partial charge >= 0.3 is 6.61 Å². The van der Waals surface area contributed by atoms with Gasteiger partial charge in [-0.15, -0.1) is 11.8 Å². The minimum Gasteiger partial charge on any atom is -0.497 e. The first-order valence-electron chi connectivity index (χ1n) is 8.63. The second-order valence-electron chi connectivity index (χ2n) is 5.72. The number of alkyl halides is 2. The Hall–Kier alpha value is -2.28. The van der Waals surface area contributed by atoms with Crippen LogP contribution in [0.5, 0.6) is 11.5 Å². The molecule has 0 saturated carbocycles. The Morgan fingerprint density at radius 1 is 1.15 bits per heavy atom. The number of halogens is 2. The van der Waals surface area contributed by atoms with Crippen LogP contribution in [0.1, 0.15) is 31.4 Å². The highest BCUT2D eigenvalue weighted by Crippen LogP contribution is 2.28. The number of hydrogen-bond donors (Lipinski definition) is 1. The van der Waals surface area contributed by atoms with Gasteiger partial charge in [0, 0.05) is 22.6 Å². The lowest BCUT2D eigenvalue weighted by Gasteiger charge is -2.20. The number of carbonyl (C=O) groups excluding carboxylic acids is 1. The molecule has 1 unspecified atom stereocenters. The average Bonchev–Trinajstić information content (AvgIpc) is 2.67. The van der Waals surface area contributed by atoms with E-state index >= 15 is 0 Å². The van der Waals surface area contributed by atoms with Crippen LogP contribution in [-0.4, -0.2) is 25.4 Å². The molecule has 2 aromatic carbocycles. The Labute approximate surface area is 162 Å². The van der Waals surface area contributed by atoms with Crippen LogP contribution in [0.15, 0.2) is 53.4 Å². The van der Waals surface area contributed by atoms with Crippen LogP contribution in [0.4, 0.5) is 8.78 Å². The normalized spacial score (nSPS) is 11.9. The van der Waals surface area contributed by atoms with Crippen LogP contribution in [0.3, 0.4) is 0 Å². The third-order valence-electron chi connectivity index (χ3n) is 3.91. The maximum absolute atomic E-state index is 12.6. The van der Waals surface area contributed by atoms with Crippen molar-refractivity contribution in [2.24, 2.45) is 0 Å². The van der Waals surface area contributed by atoms with Gasteiger partial charge in [0.15, 0.2) is 0 Å². The summed E-state index contributed by atoms with van der Waals surface area (Å²) in [5.74, 6) is 1.36. The first kappa shape index (κ1) is 21.0. The predicted octanol–water partition coefficient (Wildman–Crippen LogP) is 5.05. The van der Waals surface area contributed by atoms with Gasteiger partial charge in [0.25, 0.3) is 0 Å². The van der Waals surface area contributed by atoms with Crippen molar-refractivity contribution in [2.75, 3.05) is 12.9 Å². The van der Waals surface area contributed by atoms with E-state index < -0.39 is 6.61 Å². The number of para-hydroxylation sites is 1. The lowest BCUT2D eigenvalue weighted by Crippen LogP contribution is -2.28. The van der Waals surface area contributed by atoms with Crippen LogP contribution in [0.25, 0.3) is 0 Å². The Morgan fingerprint density at radius 2 is 1.85 bits per heavy atom. The Bertz CT molecular complexity index is 725. The standard InChI is InChI=1S/C20H23F2NO3S/c1-3-17(16-6-4-5-7-18(16)26-20(21)22)23-19(24)12-13-27-15-10-8-14(25-2)9-11-15/h4-11,17,20H,3,12-13H2,1-2H3,(H,23,24). The van der Waals surface area contributed by atoms with Crippen molar-refractivity contribution in [1.29, 1.82) is 0 Å². The van der Waals surface area contributed by atoms with E-state index in [1.807, 2.05) is 31.2 Å². The Balaban J connectivity index is 1.89. The molecule has 0 heterocycles. The highest BCUT2D eigenvalue weighted by atomic mass is 32.2. The number of thioether (sulfide) groups is 1. The van der Waals surface area contributed by atoms with Crippen LogP contribution >= 0.6 is 11.8 Å². The van der Waals surface area contributed by atoms with E-state index in [1.54, 1.807) is 37.1 Å². The van der Waals surface area contributed by atoms with Crippen molar-refractivity contribution in [2.45, 2.75) is 37.3 Å². The Kier molecular flexibility index (Phi) is 8.39. The minimum absolute atomic E-state index is 0.0901. The van der Waals surface area contributed by atoms with Crippen molar-refractivity contribution in [3.8, 4) is 11.5 Å². The van der Waals surface area contributed by atoms with Crippen LogP contribution in [0, 0.1) is 0 Å². The summed E-state index contributed by atoms with van der Waals surface area (Å²) in [4.78, 5) is 13.3. The summed E-state index contributed by atoms with van der Waals surface area (Å²) in [6, 6.07) is 13.8. The van der Waals surface area contributed by atoms with Gasteiger partial charge in [0.2, 0.25) is 5.91 Å². The molecule has 0 aromatic heterocycles. The fraction of sp³-hybridized carbons (Fsp3) is 0.350. The van der Waals surface area contributed by atoms with E-state index in [9.17, 15) is 13.6 Å². The number of hydrogen-bond acceptors (Lipinski definition) is 4. The number of rotatable bonds is 10. The number of benzene rings is 2. The molecule has 4 nitrogen and oxygen atoms in total. The summed E-state index contributed by atoms with van der Waals surface area (Å²) < 4.78 is 34.9. The number of methoxy groups -OCH3 is 1. The summed E-state index contributed by atoms with van der Waals surface area (Å²) in [5.41, 5.74) is 0.552. The van der Waals surface area contributed by atoms with Gasteiger partial charge < -0.3 is 14.8 Å². The maximum atomic E-state index is 12.6. The molecule has 7 heteroatoms. The molecule has 0 saturated heterocycles. The average molecular weight is 395 g/mol. The second-order valence-corrected chi connectivity index (χ2v) is 6.89. The van der Waals surface area contributed by atoms with Crippen molar-refractivity contribution in [3.05, 3.63) is 54.1 Å². The van der Waals surface area contributed by atoms with E-state index in [4.69, 9.17) is 4.74 Å². The van der Waals surface area contributed by atoms with E-state index in [0.717, 1.165) is 10.6 Å². The SMILES string of the molecule is CCC(NC(=O)CCSc1ccc(OC)cc1)c1ccccc1OC(F)F. The molecule has 146 valence electrons. The van der Waals surface area contributed by atoms with Crippen molar-refractivity contribution in [1.82, 2.24) is 5.32 Å². The highest BCUT2D eigenvalue weighted by molar-refractivity contribution is 7.99. The van der Waals surface area contributed by atoms with Gasteiger partial charge in [-0.05, 0) is 36.8 Å². The topological polar surface area (TPSA) is 47.6 Å². The molecule has 1 amide bonds. The van der Waals surface area contributed by atoms with Crippen molar-refractivity contribution < 1.29 is 23.0 Å². The lowest BCUT2D eigenvalue weighted by molar-refractivity contribution is -0.121. The van der Waals surface area contributed by atoms with E-state index in [1.165, 1.54) is 6.07 Å². The van der Waals surface area contributed by atoms with Crippen LogP contribution < -0.4 is 14.8 Å². The predicted molar refractivity (Wildman–Crippen MR) is 103 cm³/mol. The van der Waals surface area contributed by atoms with Crippen molar-refractivity contribution in [3.63, 3.8) is 0 Å². The lowest BCUT2D eigenvalue weighted by atomic mass is 10.0. The van der Waals surface area contributed by atoms with Crippen molar-refractivity contribution >= 4 is 17.7 Å². The smallest absolute Gasteiger partial charge is 0.387 e. The van der Waals surface area contributed by atoms with E-state index in [-0.39, 0.29) is 17.7 Å². The third-order valence-corrected chi connectivity index (χ3v) is 4.92. The fourth-order valence-electron chi connectivity index (χ4n) is 2.57. The summed E-state index contributed by atoms with van der Waals surface area (Å²) >= 11 is 1.57. The number of nitrogens with one attached hydrogen (secondary N) is 1. The van der Waals surface area contributed by atoms with Crippen LogP contribution in [0.2, 0.25) is 0 Å². The third kappa shape index (κ3) is 6.75. The summed E-state index contributed by atoms with van der Waals surface area (Å²) in [5, 5.41) is 2.90. The zero-order chi connectivity index (χ0) is 19.6. The first-order valence-corrected chi connectivity index (χ1v) is 9.62. The van der Waals surface area contributed by atoms with Crippen LogP contribution in [-0.2, 0) is 4.79 Å². The van der Waals surface area contributed by atoms with Gasteiger partial charge in [-0.3, -0.25) is 4.79 Å².